The summed E-state index contributed by atoms with van der Waals surface area (Å²) in [5, 5.41) is 0.257. The molecule has 0 bridgehead atoms. The smallest absolute Gasteiger partial charge is 0.353 e. The number of esters is 1. The molecule has 0 aromatic carbocycles. The van der Waals surface area contributed by atoms with Crippen LogP contribution in [0, 0.1) is 5.92 Å². The molecule has 0 aliphatic carbocycles. The number of amides is 1. The summed E-state index contributed by atoms with van der Waals surface area (Å²) in [6.45, 7) is 3.60. The molecule has 0 unspecified atom stereocenters. The molecule has 11 heteroatoms. The predicted octanol–water partition coefficient (Wildman–Crippen LogP) is 1.05. The maximum Gasteiger partial charge on any atom is 0.353 e. The minimum Gasteiger partial charge on any atom is -0.463 e. The first-order valence-corrected chi connectivity index (χ1v) is 9.21. The number of halogens is 1. The summed E-state index contributed by atoms with van der Waals surface area (Å²) < 4.78 is 12.7. The Bertz CT molecular complexity index is 966. The van der Waals surface area contributed by atoms with Crippen molar-refractivity contribution in [3.63, 3.8) is 0 Å². The van der Waals surface area contributed by atoms with Gasteiger partial charge in [-0.3, -0.25) is 14.2 Å². The fourth-order valence-electron chi connectivity index (χ4n) is 3.04. The monoisotopic (exact) mass is 441 g/mol. The Morgan fingerprint density at radius 2 is 2.15 bits per heavy atom. The first-order chi connectivity index (χ1) is 12.7. The van der Waals surface area contributed by atoms with Crippen molar-refractivity contribution in [2.24, 2.45) is 11.7 Å². The summed E-state index contributed by atoms with van der Waals surface area (Å²) in [6.07, 6.45) is 0.125. The molecule has 0 spiro atoms. The predicted molar refractivity (Wildman–Crippen MR) is 99.9 cm³/mol. The van der Waals surface area contributed by atoms with Crippen LogP contribution < -0.4 is 17.2 Å². The van der Waals surface area contributed by atoms with Gasteiger partial charge in [-0.05, 0) is 28.8 Å². The van der Waals surface area contributed by atoms with Gasteiger partial charge in [-0.25, -0.2) is 4.79 Å². The van der Waals surface area contributed by atoms with Gasteiger partial charge in [0.1, 0.15) is 24.3 Å². The highest BCUT2D eigenvalue weighted by atomic mass is 79.9. The number of nitrogens with zero attached hydrogens (tertiary/aromatic N) is 2. The second-order valence-corrected chi connectivity index (χ2v) is 7.42. The van der Waals surface area contributed by atoms with Crippen LogP contribution in [0.15, 0.2) is 9.40 Å². The lowest BCUT2D eigenvalue weighted by Gasteiger charge is -2.17. The Labute approximate surface area is 162 Å². The molecule has 1 aliphatic heterocycles. The molecule has 146 valence electrons. The lowest BCUT2D eigenvalue weighted by Crippen LogP contribution is -2.29. The average Bonchev–Trinajstić information content (AvgIpc) is 3.17. The molecule has 2 aromatic rings. The molecular formula is C16H20BrN5O5. The minimum absolute atomic E-state index is 0.0950. The molecule has 10 nitrogen and oxygen atoms in total. The van der Waals surface area contributed by atoms with Gasteiger partial charge in [-0.1, -0.05) is 13.8 Å². The van der Waals surface area contributed by atoms with Crippen molar-refractivity contribution in [1.82, 2.24) is 14.5 Å². The Morgan fingerprint density at radius 3 is 2.78 bits per heavy atom. The van der Waals surface area contributed by atoms with Gasteiger partial charge >= 0.3 is 11.7 Å². The number of anilines is 1. The van der Waals surface area contributed by atoms with Crippen LogP contribution in [0.3, 0.4) is 0 Å². The number of fused-ring (bicyclic) bond motifs is 1. The SMILES string of the molecule is CC(C)C(=O)OC[C@@H]1CC[C@@H](n2c(=O)nc(N)c3c(C(N)=O)c(Br)[nH]c32)O1. The van der Waals surface area contributed by atoms with E-state index in [2.05, 4.69) is 25.9 Å². The molecule has 5 N–H and O–H groups in total. The van der Waals surface area contributed by atoms with Crippen LogP contribution in [-0.4, -0.2) is 39.1 Å². The number of nitrogens with two attached hydrogens (primary N) is 2. The van der Waals surface area contributed by atoms with Gasteiger partial charge in [-0.15, -0.1) is 0 Å². The second kappa shape index (κ2) is 7.31. The molecule has 1 fully saturated rings. The number of H-pyrrole nitrogens is 1. The van der Waals surface area contributed by atoms with Crippen molar-refractivity contribution in [2.75, 3.05) is 12.3 Å². The maximum atomic E-state index is 12.4. The number of rotatable bonds is 5. The highest BCUT2D eigenvalue weighted by Crippen LogP contribution is 2.33. The van der Waals surface area contributed by atoms with Crippen molar-refractivity contribution < 1.29 is 19.1 Å². The van der Waals surface area contributed by atoms with Crippen LogP contribution in [0.25, 0.3) is 11.0 Å². The Hall–Kier alpha value is -2.40. The van der Waals surface area contributed by atoms with Crippen LogP contribution in [-0.2, 0) is 14.3 Å². The number of primary amides is 1. The molecule has 1 amide bonds. The molecule has 1 aliphatic rings. The van der Waals surface area contributed by atoms with Gasteiger partial charge in [0, 0.05) is 0 Å². The largest absolute Gasteiger partial charge is 0.463 e. The first-order valence-electron chi connectivity index (χ1n) is 8.41. The zero-order valence-electron chi connectivity index (χ0n) is 14.8. The number of ether oxygens (including phenoxy) is 2. The third-order valence-electron chi connectivity index (χ3n) is 4.36. The molecule has 3 rings (SSSR count). The molecule has 3 heterocycles. The van der Waals surface area contributed by atoms with Gasteiger partial charge in [0.2, 0.25) is 0 Å². The van der Waals surface area contributed by atoms with Crippen molar-refractivity contribution in [3.8, 4) is 0 Å². The third-order valence-corrected chi connectivity index (χ3v) is 4.95. The van der Waals surface area contributed by atoms with E-state index in [-0.39, 0.29) is 47.0 Å². The summed E-state index contributed by atoms with van der Waals surface area (Å²) in [5.74, 6) is -1.34. The van der Waals surface area contributed by atoms with E-state index in [1.807, 2.05) is 0 Å². The zero-order chi connectivity index (χ0) is 19.9. The lowest BCUT2D eigenvalue weighted by atomic mass is 10.2. The van der Waals surface area contributed by atoms with Crippen molar-refractivity contribution in [1.29, 1.82) is 0 Å². The van der Waals surface area contributed by atoms with Crippen molar-refractivity contribution in [3.05, 3.63) is 20.7 Å². The van der Waals surface area contributed by atoms with Gasteiger partial charge in [0.25, 0.3) is 5.91 Å². The fraction of sp³-hybridized carbons (Fsp3) is 0.500. The van der Waals surface area contributed by atoms with E-state index < -0.39 is 17.8 Å². The quantitative estimate of drug-likeness (QED) is 0.585. The number of aromatic amines is 1. The van der Waals surface area contributed by atoms with E-state index in [0.717, 1.165) is 0 Å². The van der Waals surface area contributed by atoms with Gasteiger partial charge in [0.05, 0.1) is 27.6 Å². The number of carbonyl (C=O) groups is 2. The summed E-state index contributed by atoms with van der Waals surface area (Å²) in [5.41, 5.74) is 11.0. The maximum absolute atomic E-state index is 12.4. The van der Waals surface area contributed by atoms with Crippen LogP contribution in [0.1, 0.15) is 43.3 Å². The molecule has 2 aromatic heterocycles. The summed E-state index contributed by atoms with van der Waals surface area (Å²) in [6, 6.07) is 0. The highest BCUT2D eigenvalue weighted by molar-refractivity contribution is 9.10. The van der Waals surface area contributed by atoms with E-state index in [9.17, 15) is 14.4 Å². The van der Waals surface area contributed by atoms with Gasteiger partial charge < -0.3 is 25.9 Å². The van der Waals surface area contributed by atoms with Crippen LogP contribution in [0.5, 0.6) is 0 Å². The van der Waals surface area contributed by atoms with Gasteiger partial charge in [0.15, 0.2) is 0 Å². The van der Waals surface area contributed by atoms with Crippen LogP contribution in [0.2, 0.25) is 0 Å². The van der Waals surface area contributed by atoms with E-state index in [4.69, 9.17) is 20.9 Å². The summed E-state index contributed by atoms with van der Waals surface area (Å²) >= 11 is 3.22. The van der Waals surface area contributed by atoms with Gasteiger partial charge in [-0.2, -0.15) is 4.98 Å². The normalized spacial score (nSPS) is 19.7. The summed E-state index contributed by atoms with van der Waals surface area (Å²) in [4.78, 5) is 42.5. The Kier molecular flexibility index (Phi) is 5.24. The van der Waals surface area contributed by atoms with Crippen LogP contribution in [0.4, 0.5) is 5.82 Å². The molecule has 27 heavy (non-hydrogen) atoms. The number of nitrogens with one attached hydrogen (secondary N) is 1. The molecule has 2 atom stereocenters. The zero-order valence-corrected chi connectivity index (χ0v) is 16.4. The highest BCUT2D eigenvalue weighted by Gasteiger charge is 2.32. The average molecular weight is 442 g/mol. The Balaban J connectivity index is 1.92. The minimum atomic E-state index is -0.711. The lowest BCUT2D eigenvalue weighted by molar-refractivity contribution is -0.152. The standard InChI is InChI=1S/C16H20BrN5O5/c1-6(2)15(24)26-5-7-3-4-8(27-7)22-14-10(12(18)21-16(22)25)9(13(19)23)11(17)20-14/h6-8,20H,3-5H2,1-2H3,(H2,19,23)(H2,18,21,25)/t7-,8-/m0/s1. The fourth-order valence-corrected chi connectivity index (χ4v) is 3.62. The summed E-state index contributed by atoms with van der Waals surface area (Å²) in [7, 11) is 0. The van der Waals surface area contributed by atoms with E-state index >= 15 is 0 Å². The molecule has 1 saturated heterocycles. The van der Waals surface area contributed by atoms with Crippen molar-refractivity contribution in [2.45, 2.75) is 39.0 Å². The van der Waals surface area contributed by atoms with Crippen molar-refractivity contribution >= 4 is 44.7 Å². The van der Waals surface area contributed by atoms with E-state index in [1.54, 1.807) is 13.8 Å². The number of aromatic nitrogens is 3. The number of nitrogen functional groups attached to an aromatic ring is 1. The van der Waals surface area contributed by atoms with Crippen LogP contribution >= 0.6 is 15.9 Å². The molecular weight excluding hydrogens is 422 g/mol. The Morgan fingerprint density at radius 1 is 1.44 bits per heavy atom. The topological polar surface area (TPSA) is 155 Å². The molecule has 0 saturated carbocycles. The van der Waals surface area contributed by atoms with E-state index in [0.29, 0.717) is 17.4 Å². The second-order valence-electron chi connectivity index (χ2n) is 6.63. The number of hydrogen-bond acceptors (Lipinski definition) is 7. The number of hydrogen-bond donors (Lipinski definition) is 3. The van der Waals surface area contributed by atoms with E-state index in [1.165, 1.54) is 4.57 Å². The first kappa shape index (κ1) is 19.4. The molecule has 0 radical (unpaired) electrons. The third kappa shape index (κ3) is 3.56. The number of carbonyl (C=O) groups excluding carboxylic acids is 2.